The van der Waals surface area contributed by atoms with Crippen LogP contribution >= 0.6 is 11.8 Å². The third-order valence-corrected chi connectivity index (χ3v) is 5.50. The van der Waals surface area contributed by atoms with E-state index in [2.05, 4.69) is 5.32 Å². The zero-order chi connectivity index (χ0) is 19.6. The van der Waals surface area contributed by atoms with Crippen LogP contribution in [0.15, 0.2) is 53.4 Å². The molecule has 1 heterocycles. The molecule has 0 aromatic heterocycles. The van der Waals surface area contributed by atoms with Gasteiger partial charge in [0.25, 0.3) is 0 Å². The summed E-state index contributed by atoms with van der Waals surface area (Å²) >= 11 is 1.29. The number of nitrogens with zero attached hydrogens (tertiary/aromatic N) is 1. The SMILES string of the molecule is CN(Cc1ccccc1C(F)(F)F)C(=O)CC1Sc2ccccc2NC1=O. The number of hydrogen-bond acceptors (Lipinski definition) is 3. The van der Waals surface area contributed by atoms with Crippen molar-refractivity contribution in [3.8, 4) is 0 Å². The van der Waals surface area contributed by atoms with Crippen molar-refractivity contribution in [1.82, 2.24) is 4.90 Å². The molecule has 0 saturated carbocycles. The number of rotatable bonds is 4. The molecule has 4 nitrogen and oxygen atoms in total. The van der Waals surface area contributed by atoms with Crippen molar-refractivity contribution in [3.63, 3.8) is 0 Å². The molecule has 1 aliphatic rings. The maximum atomic E-state index is 13.1. The minimum Gasteiger partial charge on any atom is -0.341 e. The molecule has 2 amide bonds. The Morgan fingerprint density at radius 2 is 1.81 bits per heavy atom. The first kappa shape index (κ1) is 19.3. The molecule has 0 aliphatic carbocycles. The van der Waals surface area contributed by atoms with E-state index in [1.807, 2.05) is 12.1 Å². The molecule has 0 saturated heterocycles. The monoisotopic (exact) mass is 394 g/mol. The zero-order valence-electron chi connectivity index (χ0n) is 14.4. The van der Waals surface area contributed by atoms with E-state index in [-0.39, 0.29) is 30.3 Å². The van der Waals surface area contributed by atoms with E-state index in [1.54, 1.807) is 12.1 Å². The van der Waals surface area contributed by atoms with Crippen LogP contribution in [0.1, 0.15) is 17.5 Å². The van der Waals surface area contributed by atoms with E-state index >= 15 is 0 Å². The van der Waals surface area contributed by atoms with Gasteiger partial charge in [-0.15, -0.1) is 11.8 Å². The molecule has 1 atom stereocenters. The van der Waals surface area contributed by atoms with Crippen LogP contribution in [0.25, 0.3) is 0 Å². The lowest BCUT2D eigenvalue weighted by Gasteiger charge is -2.26. The number of nitrogens with one attached hydrogen (secondary N) is 1. The molecule has 8 heteroatoms. The average Bonchev–Trinajstić information content (AvgIpc) is 2.61. The number of hydrogen-bond donors (Lipinski definition) is 1. The fourth-order valence-corrected chi connectivity index (χ4v) is 3.92. The van der Waals surface area contributed by atoms with Gasteiger partial charge in [0.15, 0.2) is 0 Å². The van der Waals surface area contributed by atoms with E-state index in [0.717, 1.165) is 11.0 Å². The number of alkyl halides is 3. The van der Waals surface area contributed by atoms with Crippen molar-refractivity contribution < 1.29 is 22.8 Å². The topological polar surface area (TPSA) is 49.4 Å². The van der Waals surface area contributed by atoms with Crippen LogP contribution in [0.2, 0.25) is 0 Å². The Balaban J connectivity index is 1.68. The normalized spacial score (nSPS) is 16.4. The van der Waals surface area contributed by atoms with Gasteiger partial charge < -0.3 is 10.2 Å². The number of fused-ring (bicyclic) bond motifs is 1. The second-order valence-corrected chi connectivity index (χ2v) is 7.45. The molecule has 1 unspecified atom stereocenters. The molecular weight excluding hydrogens is 377 g/mol. The smallest absolute Gasteiger partial charge is 0.341 e. The highest BCUT2D eigenvalue weighted by Crippen LogP contribution is 2.37. The van der Waals surface area contributed by atoms with Crippen LogP contribution in [0.4, 0.5) is 18.9 Å². The predicted octanol–water partition coefficient (Wildman–Crippen LogP) is 4.17. The minimum atomic E-state index is -4.48. The number of carbonyl (C=O) groups is 2. The summed E-state index contributed by atoms with van der Waals surface area (Å²) in [6, 6.07) is 12.4. The molecule has 0 bridgehead atoms. The van der Waals surface area contributed by atoms with Crippen molar-refractivity contribution in [2.45, 2.75) is 29.3 Å². The predicted molar refractivity (Wildman–Crippen MR) is 97.3 cm³/mol. The number of amides is 2. The van der Waals surface area contributed by atoms with Gasteiger partial charge in [-0.25, -0.2) is 0 Å². The Kier molecular flexibility index (Phi) is 5.46. The van der Waals surface area contributed by atoms with E-state index in [4.69, 9.17) is 0 Å². The summed E-state index contributed by atoms with van der Waals surface area (Å²) in [5.74, 6) is -0.671. The van der Waals surface area contributed by atoms with Gasteiger partial charge in [0.1, 0.15) is 0 Å². The maximum Gasteiger partial charge on any atom is 0.416 e. The minimum absolute atomic E-state index is 0.0203. The lowest BCUT2D eigenvalue weighted by atomic mass is 10.1. The second kappa shape index (κ2) is 7.64. The number of benzene rings is 2. The fraction of sp³-hybridized carbons (Fsp3) is 0.263. The highest BCUT2D eigenvalue weighted by Gasteiger charge is 2.34. The van der Waals surface area contributed by atoms with Gasteiger partial charge in [-0.3, -0.25) is 9.59 Å². The summed E-state index contributed by atoms with van der Waals surface area (Å²) in [5, 5.41) is 2.14. The molecule has 1 N–H and O–H groups in total. The quantitative estimate of drug-likeness (QED) is 0.847. The first-order chi connectivity index (χ1) is 12.8. The van der Waals surface area contributed by atoms with Crippen LogP contribution < -0.4 is 5.32 Å². The molecule has 3 rings (SSSR count). The molecule has 0 spiro atoms. The van der Waals surface area contributed by atoms with Crippen molar-refractivity contribution in [1.29, 1.82) is 0 Å². The van der Waals surface area contributed by atoms with E-state index < -0.39 is 17.0 Å². The molecular formula is C19H17F3N2O2S. The van der Waals surface area contributed by atoms with Gasteiger partial charge in [-0.2, -0.15) is 13.2 Å². The van der Waals surface area contributed by atoms with E-state index in [0.29, 0.717) is 5.69 Å². The van der Waals surface area contributed by atoms with Gasteiger partial charge in [-0.05, 0) is 23.8 Å². The van der Waals surface area contributed by atoms with Crippen LogP contribution in [0.3, 0.4) is 0 Å². The van der Waals surface area contributed by atoms with E-state index in [9.17, 15) is 22.8 Å². The summed E-state index contributed by atoms with van der Waals surface area (Å²) in [6.45, 7) is -0.176. The molecule has 142 valence electrons. The summed E-state index contributed by atoms with van der Waals surface area (Å²) in [7, 11) is 1.44. The number of halogens is 3. The first-order valence-electron chi connectivity index (χ1n) is 8.21. The van der Waals surface area contributed by atoms with Crippen molar-refractivity contribution in [2.24, 2.45) is 0 Å². The summed E-state index contributed by atoms with van der Waals surface area (Å²) < 4.78 is 39.3. The number of carbonyl (C=O) groups excluding carboxylic acids is 2. The summed E-state index contributed by atoms with van der Waals surface area (Å²) in [4.78, 5) is 26.8. The summed E-state index contributed by atoms with van der Waals surface area (Å²) in [5.41, 5.74) is -0.0426. The summed E-state index contributed by atoms with van der Waals surface area (Å²) in [6.07, 6.45) is -4.57. The maximum absolute atomic E-state index is 13.1. The Hall–Kier alpha value is -2.48. The molecule has 2 aromatic rings. The van der Waals surface area contributed by atoms with Crippen molar-refractivity contribution in [3.05, 3.63) is 59.7 Å². The van der Waals surface area contributed by atoms with Crippen molar-refractivity contribution >= 4 is 29.3 Å². The van der Waals surface area contributed by atoms with Gasteiger partial charge in [0, 0.05) is 24.9 Å². The average molecular weight is 394 g/mol. The standard InChI is InChI=1S/C19H17F3N2O2S/c1-24(11-12-6-2-3-7-13(12)19(20,21)22)17(25)10-16-18(26)23-14-8-4-5-9-15(14)27-16/h2-9,16H,10-11H2,1H3,(H,23,26). The lowest BCUT2D eigenvalue weighted by molar-refractivity contribution is -0.139. The Labute approximate surface area is 158 Å². The van der Waals surface area contributed by atoms with Gasteiger partial charge in [0.2, 0.25) is 11.8 Å². The Morgan fingerprint density at radius 3 is 2.56 bits per heavy atom. The van der Waals surface area contributed by atoms with E-state index in [1.165, 1.54) is 41.9 Å². The number of thioether (sulfide) groups is 1. The molecule has 1 aliphatic heterocycles. The first-order valence-corrected chi connectivity index (χ1v) is 9.09. The lowest BCUT2D eigenvalue weighted by Crippen LogP contribution is -2.35. The third kappa shape index (κ3) is 4.44. The van der Waals surface area contributed by atoms with Gasteiger partial charge >= 0.3 is 6.18 Å². The van der Waals surface area contributed by atoms with Crippen LogP contribution in [0.5, 0.6) is 0 Å². The second-order valence-electron chi connectivity index (χ2n) is 6.20. The molecule has 0 radical (unpaired) electrons. The fourth-order valence-electron chi connectivity index (χ4n) is 2.82. The van der Waals surface area contributed by atoms with Crippen molar-refractivity contribution in [2.75, 3.05) is 12.4 Å². The Bertz CT molecular complexity index is 870. The highest BCUT2D eigenvalue weighted by molar-refractivity contribution is 8.01. The molecule has 27 heavy (non-hydrogen) atoms. The molecule has 0 fully saturated rings. The number of anilines is 1. The van der Waals surface area contributed by atoms with Gasteiger partial charge in [0.05, 0.1) is 16.5 Å². The Morgan fingerprint density at radius 1 is 1.15 bits per heavy atom. The van der Waals surface area contributed by atoms with Crippen LogP contribution in [0, 0.1) is 0 Å². The number of para-hydroxylation sites is 1. The van der Waals surface area contributed by atoms with Crippen LogP contribution in [-0.4, -0.2) is 29.0 Å². The van der Waals surface area contributed by atoms with Gasteiger partial charge in [-0.1, -0.05) is 30.3 Å². The largest absolute Gasteiger partial charge is 0.416 e. The third-order valence-electron chi connectivity index (χ3n) is 4.22. The van der Waals surface area contributed by atoms with Crippen LogP contribution in [-0.2, 0) is 22.3 Å². The molecule has 2 aromatic carbocycles. The zero-order valence-corrected chi connectivity index (χ0v) is 15.2. The highest BCUT2D eigenvalue weighted by atomic mass is 32.2.